The van der Waals surface area contributed by atoms with E-state index in [9.17, 15) is 0 Å². The summed E-state index contributed by atoms with van der Waals surface area (Å²) in [5.41, 5.74) is 7.38. The lowest BCUT2D eigenvalue weighted by molar-refractivity contribution is 0.367. The van der Waals surface area contributed by atoms with Crippen LogP contribution in [0.3, 0.4) is 0 Å². The molecule has 1 atom stereocenters. The Bertz CT molecular complexity index is 761. The van der Waals surface area contributed by atoms with Gasteiger partial charge in [0.2, 0.25) is 11.7 Å². The molecule has 0 amide bonds. The van der Waals surface area contributed by atoms with Crippen LogP contribution in [-0.4, -0.2) is 15.1 Å². The monoisotopic (exact) mass is 320 g/mol. The Morgan fingerprint density at radius 1 is 1.14 bits per heavy atom. The van der Waals surface area contributed by atoms with E-state index < -0.39 is 6.04 Å². The highest BCUT2D eigenvalue weighted by atomic mass is 35.5. The highest BCUT2D eigenvalue weighted by Crippen LogP contribution is 2.27. The lowest BCUT2D eigenvalue weighted by atomic mass is 10.1. The largest absolute Gasteiger partial charge is 0.337 e. The Kier molecular flexibility index (Phi) is 3.88. The summed E-state index contributed by atoms with van der Waals surface area (Å²) < 4.78 is 5.20. The van der Waals surface area contributed by atoms with Crippen LogP contribution in [0.2, 0.25) is 10.0 Å². The van der Waals surface area contributed by atoms with Crippen LogP contribution in [0.25, 0.3) is 11.5 Å². The molecule has 0 unspecified atom stereocenters. The number of pyridine rings is 1. The molecule has 2 aromatic heterocycles. The van der Waals surface area contributed by atoms with Crippen molar-refractivity contribution >= 4 is 23.2 Å². The Morgan fingerprint density at radius 3 is 2.62 bits per heavy atom. The van der Waals surface area contributed by atoms with Crippen molar-refractivity contribution in [2.45, 2.75) is 6.04 Å². The second kappa shape index (κ2) is 5.81. The smallest absolute Gasteiger partial charge is 0.248 e. The third-order valence-corrected chi connectivity index (χ3v) is 3.38. The third-order valence-electron chi connectivity index (χ3n) is 2.89. The highest BCUT2D eigenvalue weighted by Gasteiger charge is 2.19. The first-order chi connectivity index (χ1) is 10.1. The van der Waals surface area contributed by atoms with Crippen LogP contribution in [0, 0.1) is 0 Å². The molecule has 5 nitrogen and oxygen atoms in total. The summed E-state index contributed by atoms with van der Waals surface area (Å²) in [7, 11) is 0. The normalized spacial score (nSPS) is 12.3. The van der Waals surface area contributed by atoms with Crippen molar-refractivity contribution in [3.05, 3.63) is 64.1 Å². The summed E-state index contributed by atoms with van der Waals surface area (Å²) in [4.78, 5) is 8.36. The molecule has 7 heteroatoms. The van der Waals surface area contributed by atoms with Crippen molar-refractivity contribution in [2.75, 3.05) is 0 Å². The number of hydrogen-bond donors (Lipinski definition) is 1. The van der Waals surface area contributed by atoms with Crippen LogP contribution in [0.5, 0.6) is 0 Å². The summed E-state index contributed by atoms with van der Waals surface area (Å²) in [6.07, 6.45) is 1.47. The molecule has 21 heavy (non-hydrogen) atoms. The van der Waals surface area contributed by atoms with Gasteiger partial charge in [0.15, 0.2) is 0 Å². The minimum absolute atomic E-state index is 0.276. The molecule has 0 radical (unpaired) electrons. The second-order valence-electron chi connectivity index (χ2n) is 4.33. The predicted molar refractivity (Wildman–Crippen MR) is 80.0 cm³/mol. The van der Waals surface area contributed by atoms with E-state index in [1.807, 2.05) is 30.3 Å². The molecule has 3 aromatic rings. The minimum Gasteiger partial charge on any atom is -0.337 e. The molecule has 0 saturated carbocycles. The van der Waals surface area contributed by atoms with Gasteiger partial charge >= 0.3 is 0 Å². The standard InChI is InChI=1S/C14H10Cl2N4O/c15-9-6-10(16)12(18-7-9)13-19-14(21-20-13)11(17)8-4-2-1-3-5-8/h1-7,11H,17H2/t11-/m0/s1. The molecule has 0 spiro atoms. The van der Waals surface area contributed by atoms with Crippen LogP contribution in [0.1, 0.15) is 17.5 Å². The van der Waals surface area contributed by atoms with Gasteiger partial charge in [-0.15, -0.1) is 0 Å². The molecule has 2 N–H and O–H groups in total. The van der Waals surface area contributed by atoms with E-state index in [2.05, 4.69) is 15.1 Å². The van der Waals surface area contributed by atoms with Crippen LogP contribution < -0.4 is 5.73 Å². The molecule has 0 bridgehead atoms. The van der Waals surface area contributed by atoms with Gasteiger partial charge in [-0.3, -0.25) is 0 Å². The zero-order chi connectivity index (χ0) is 14.8. The van der Waals surface area contributed by atoms with Gasteiger partial charge in [-0.2, -0.15) is 4.98 Å². The van der Waals surface area contributed by atoms with Crippen molar-refractivity contribution in [1.29, 1.82) is 0 Å². The molecule has 1 aromatic carbocycles. The van der Waals surface area contributed by atoms with Crippen molar-refractivity contribution in [3.8, 4) is 11.5 Å². The maximum atomic E-state index is 6.10. The lowest BCUT2D eigenvalue weighted by Gasteiger charge is -2.05. The van der Waals surface area contributed by atoms with E-state index in [0.29, 0.717) is 21.6 Å². The van der Waals surface area contributed by atoms with Gasteiger partial charge in [-0.05, 0) is 11.6 Å². The van der Waals surface area contributed by atoms with E-state index in [4.69, 9.17) is 33.5 Å². The Hall–Kier alpha value is -1.95. The average Bonchev–Trinajstić information content (AvgIpc) is 2.97. The summed E-state index contributed by atoms with van der Waals surface area (Å²) in [5, 5.41) is 4.66. The molecule has 0 aliphatic carbocycles. The fourth-order valence-electron chi connectivity index (χ4n) is 1.84. The van der Waals surface area contributed by atoms with Gasteiger partial charge in [-0.25, -0.2) is 4.98 Å². The van der Waals surface area contributed by atoms with E-state index >= 15 is 0 Å². The van der Waals surface area contributed by atoms with Gasteiger partial charge in [-0.1, -0.05) is 58.7 Å². The van der Waals surface area contributed by atoms with E-state index in [1.165, 1.54) is 6.20 Å². The van der Waals surface area contributed by atoms with Crippen molar-refractivity contribution < 1.29 is 4.52 Å². The maximum absolute atomic E-state index is 6.10. The van der Waals surface area contributed by atoms with Gasteiger partial charge in [0, 0.05) is 6.20 Å². The fourth-order valence-corrected chi connectivity index (χ4v) is 2.30. The molecule has 0 fully saturated rings. The SMILES string of the molecule is N[C@@H](c1ccccc1)c1nc(-c2ncc(Cl)cc2Cl)no1. The molecule has 3 rings (SSSR count). The summed E-state index contributed by atoms with van der Waals surface area (Å²) in [6, 6.07) is 10.5. The number of rotatable bonds is 3. The van der Waals surface area contributed by atoms with Gasteiger partial charge in [0.1, 0.15) is 11.7 Å². The van der Waals surface area contributed by atoms with E-state index in [-0.39, 0.29) is 5.82 Å². The topological polar surface area (TPSA) is 77.8 Å². The molecule has 0 aliphatic heterocycles. The number of benzene rings is 1. The summed E-state index contributed by atoms with van der Waals surface area (Å²) in [6.45, 7) is 0. The van der Waals surface area contributed by atoms with Crippen molar-refractivity contribution in [3.63, 3.8) is 0 Å². The van der Waals surface area contributed by atoms with Gasteiger partial charge < -0.3 is 10.3 Å². The number of hydrogen-bond acceptors (Lipinski definition) is 5. The van der Waals surface area contributed by atoms with Crippen LogP contribution in [0.15, 0.2) is 47.1 Å². The summed E-state index contributed by atoms with van der Waals surface area (Å²) >= 11 is 11.9. The lowest BCUT2D eigenvalue weighted by Crippen LogP contribution is -2.12. The zero-order valence-electron chi connectivity index (χ0n) is 10.7. The number of halogens is 2. The molecular formula is C14H10Cl2N4O. The molecule has 2 heterocycles. The molecular weight excluding hydrogens is 311 g/mol. The Balaban J connectivity index is 1.93. The van der Waals surface area contributed by atoms with Crippen molar-refractivity contribution in [2.24, 2.45) is 5.73 Å². The van der Waals surface area contributed by atoms with Crippen LogP contribution in [0.4, 0.5) is 0 Å². The van der Waals surface area contributed by atoms with E-state index in [0.717, 1.165) is 5.56 Å². The van der Waals surface area contributed by atoms with Gasteiger partial charge in [0.25, 0.3) is 0 Å². The van der Waals surface area contributed by atoms with E-state index in [1.54, 1.807) is 6.07 Å². The highest BCUT2D eigenvalue weighted by molar-refractivity contribution is 6.35. The van der Waals surface area contributed by atoms with Gasteiger partial charge in [0.05, 0.1) is 10.0 Å². The number of nitrogens with two attached hydrogens (primary N) is 1. The fraction of sp³-hybridized carbons (Fsp3) is 0.0714. The van der Waals surface area contributed by atoms with Crippen molar-refractivity contribution in [1.82, 2.24) is 15.1 Å². The Labute approximate surface area is 130 Å². The first-order valence-electron chi connectivity index (χ1n) is 6.10. The van der Waals surface area contributed by atoms with Crippen LogP contribution in [-0.2, 0) is 0 Å². The molecule has 0 saturated heterocycles. The Morgan fingerprint density at radius 2 is 1.90 bits per heavy atom. The average molecular weight is 321 g/mol. The minimum atomic E-state index is -0.501. The second-order valence-corrected chi connectivity index (χ2v) is 5.17. The molecule has 106 valence electrons. The quantitative estimate of drug-likeness (QED) is 0.799. The predicted octanol–water partition coefficient (Wildman–Crippen LogP) is 3.49. The first kappa shape index (κ1) is 14.0. The number of nitrogens with zero attached hydrogens (tertiary/aromatic N) is 3. The number of aromatic nitrogens is 3. The maximum Gasteiger partial charge on any atom is 0.248 e. The zero-order valence-corrected chi connectivity index (χ0v) is 12.2. The summed E-state index contributed by atoms with van der Waals surface area (Å²) in [5.74, 6) is 0.571. The third kappa shape index (κ3) is 2.90. The van der Waals surface area contributed by atoms with Crippen LogP contribution >= 0.6 is 23.2 Å². The molecule has 0 aliphatic rings. The first-order valence-corrected chi connectivity index (χ1v) is 6.86.